The Morgan fingerprint density at radius 1 is 1.16 bits per heavy atom. The van der Waals surface area contributed by atoms with E-state index in [0.29, 0.717) is 30.8 Å². The predicted octanol–water partition coefficient (Wildman–Crippen LogP) is 3.17. The second-order valence-corrected chi connectivity index (χ2v) is 8.78. The summed E-state index contributed by atoms with van der Waals surface area (Å²) in [4.78, 5) is 44.2. The number of nitrogens with zero attached hydrogens (tertiary/aromatic N) is 2. The Labute approximate surface area is 185 Å². The van der Waals surface area contributed by atoms with E-state index in [9.17, 15) is 14.4 Å². The highest BCUT2D eigenvalue weighted by Crippen LogP contribution is 2.26. The van der Waals surface area contributed by atoms with Crippen molar-refractivity contribution in [3.8, 4) is 0 Å². The van der Waals surface area contributed by atoms with Gasteiger partial charge in [-0.05, 0) is 41.8 Å². The maximum atomic E-state index is 12.9. The van der Waals surface area contributed by atoms with Gasteiger partial charge in [-0.15, -0.1) is 22.7 Å². The Balaban J connectivity index is 1.37. The van der Waals surface area contributed by atoms with Crippen LogP contribution < -0.4 is 10.8 Å². The molecule has 31 heavy (non-hydrogen) atoms. The monoisotopic (exact) mass is 454 g/mol. The van der Waals surface area contributed by atoms with Crippen molar-refractivity contribution in [3.63, 3.8) is 0 Å². The van der Waals surface area contributed by atoms with E-state index in [1.165, 1.54) is 17.4 Å². The normalized spacial score (nSPS) is 13.1. The first-order chi connectivity index (χ1) is 15.0. The van der Waals surface area contributed by atoms with Crippen LogP contribution in [0.2, 0.25) is 0 Å². The van der Waals surface area contributed by atoms with E-state index in [4.69, 9.17) is 5.21 Å². The van der Waals surface area contributed by atoms with Gasteiger partial charge in [0.2, 0.25) is 5.91 Å². The molecule has 1 aliphatic rings. The Morgan fingerprint density at radius 2 is 1.97 bits per heavy atom. The topological polar surface area (TPSA) is 112 Å². The minimum Gasteiger partial charge on any atom is -0.333 e. The molecular formula is C21H18N4O4S2. The molecule has 1 aliphatic heterocycles. The Hall–Kier alpha value is -3.34. The Bertz CT molecular complexity index is 1140. The average molecular weight is 455 g/mol. The summed E-state index contributed by atoms with van der Waals surface area (Å²) in [6.07, 6.45) is 3.76. The van der Waals surface area contributed by atoms with Gasteiger partial charge in [0, 0.05) is 40.0 Å². The maximum Gasteiger partial charge on any atom is 0.303 e. The third-order valence-corrected chi connectivity index (χ3v) is 6.57. The van der Waals surface area contributed by atoms with Crippen molar-refractivity contribution in [2.45, 2.75) is 13.0 Å². The van der Waals surface area contributed by atoms with Gasteiger partial charge in [0.05, 0.1) is 12.2 Å². The number of carbonyl (C=O) groups excluding carboxylic acids is 3. The number of hydrogen-bond acceptors (Lipinski definition) is 7. The molecule has 0 bridgehead atoms. The zero-order valence-electron chi connectivity index (χ0n) is 16.2. The maximum absolute atomic E-state index is 12.9. The average Bonchev–Trinajstić information content (AvgIpc) is 3.46. The first-order valence-electron chi connectivity index (χ1n) is 9.38. The number of anilines is 1. The number of aromatic nitrogens is 1. The van der Waals surface area contributed by atoms with Gasteiger partial charge in [0.25, 0.3) is 5.91 Å². The number of hydrogen-bond donors (Lipinski definition) is 3. The van der Waals surface area contributed by atoms with Gasteiger partial charge >= 0.3 is 5.91 Å². The lowest BCUT2D eigenvalue weighted by atomic mass is 10.1. The fourth-order valence-corrected chi connectivity index (χ4v) is 4.75. The fraction of sp³-hybridized carbons (Fsp3) is 0.143. The predicted molar refractivity (Wildman–Crippen MR) is 118 cm³/mol. The van der Waals surface area contributed by atoms with Crippen molar-refractivity contribution in [2.24, 2.45) is 0 Å². The van der Waals surface area contributed by atoms with Crippen molar-refractivity contribution in [3.05, 3.63) is 73.9 Å². The summed E-state index contributed by atoms with van der Waals surface area (Å²) in [6.45, 7) is 0.846. The van der Waals surface area contributed by atoms with E-state index in [2.05, 4.69) is 10.3 Å². The molecule has 0 fully saturated rings. The van der Waals surface area contributed by atoms with Crippen molar-refractivity contribution >= 4 is 52.2 Å². The van der Waals surface area contributed by atoms with E-state index < -0.39 is 5.91 Å². The van der Waals surface area contributed by atoms with Crippen LogP contribution in [0.25, 0.3) is 6.08 Å². The van der Waals surface area contributed by atoms with E-state index in [0.717, 1.165) is 15.4 Å². The summed E-state index contributed by atoms with van der Waals surface area (Å²) in [5.74, 6) is -1.04. The van der Waals surface area contributed by atoms with Gasteiger partial charge in [-0.3, -0.25) is 19.6 Å². The number of hydroxylamine groups is 1. The molecule has 3 N–H and O–H groups in total. The summed E-state index contributed by atoms with van der Waals surface area (Å²) < 4.78 is 0. The van der Waals surface area contributed by atoms with E-state index in [-0.39, 0.29) is 16.8 Å². The molecule has 3 aromatic rings. The van der Waals surface area contributed by atoms with E-state index in [1.807, 2.05) is 17.5 Å². The second-order valence-electron chi connectivity index (χ2n) is 6.72. The number of nitrogens with one attached hydrogen (secondary N) is 2. The molecule has 0 saturated carbocycles. The SMILES string of the molecule is O=C(/C=C/c1cccs1)Nc1ccc(C(=O)N2CCc3nc(C(=O)NO)sc3C2)cc1. The van der Waals surface area contributed by atoms with E-state index >= 15 is 0 Å². The number of carbonyl (C=O) groups is 3. The van der Waals surface area contributed by atoms with Gasteiger partial charge in [-0.1, -0.05) is 6.07 Å². The van der Waals surface area contributed by atoms with Gasteiger partial charge in [0.15, 0.2) is 5.01 Å². The highest BCUT2D eigenvalue weighted by Gasteiger charge is 2.26. The second kappa shape index (κ2) is 9.21. The molecule has 0 atom stereocenters. The van der Waals surface area contributed by atoms with Gasteiger partial charge < -0.3 is 10.2 Å². The lowest BCUT2D eigenvalue weighted by Crippen LogP contribution is -2.35. The van der Waals surface area contributed by atoms with Crippen LogP contribution in [0, 0.1) is 0 Å². The van der Waals surface area contributed by atoms with Crippen LogP contribution in [0.4, 0.5) is 5.69 Å². The quantitative estimate of drug-likeness (QED) is 0.311. The summed E-state index contributed by atoms with van der Waals surface area (Å²) in [6, 6.07) is 10.6. The Kier molecular flexibility index (Phi) is 6.21. The first kappa shape index (κ1) is 20.9. The zero-order chi connectivity index (χ0) is 21.8. The number of thiazole rings is 1. The van der Waals surface area contributed by atoms with Crippen LogP contribution in [-0.4, -0.2) is 39.4 Å². The molecule has 0 unspecified atom stereocenters. The highest BCUT2D eigenvalue weighted by atomic mass is 32.1. The summed E-state index contributed by atoms with van der Waals surface area (Å²) in [7, 11) is 0. The summed E-state index contributed by atoms with van der Waals surface area (Å²) in [5, 5.41) is 13.6. The number of fused-ring (bicyclic) bond motifs is 1. The molecule has 1 aromatic carbocycles. The third-order valence-electron chi connectivity index (χ3n) is 4.66. The molecule has 4 rings (SSSR count). The van der Waals surface area contributed by atoms with Crippen LogP contribution in [0.3, 0.4) is 0 Å². The molecule has 158 valence electrons. The smallest absolute Gasteiger partial charge is 0.303 e. The largest absolute Gasteiger partial charge is 0.333 e. The molecule has 0 radical (unpaired) electrons. The lowest BCUT2D eigenvalue weighted by Gasteiger charge is -2.26. The highest BCUT2D eigenvalue weighted by molar-refractivity contribution is 7.13. The molecule has 3 heterocycles. The van der Waals surface area contributed by atoms with Crippen LogP contribution >= 0.6 is 22.7 Å². The first-order valence-corrected chi connectivity index (χ1v) is 11.1. The van der Waals surface area contributed by atoms with Crippen molar-refractivity contribution in [2.75, 3.05) is 11.9 Å². The summed E-state index contributed by atoms with van der Waals surface area (Å²) in [5.41, 5.74) is 3.46. The van der Waals surface area contributed by atoms with Crippen molar-refractivity contribution in [1.82, 2.24) is 15.4 Å². The zero-order valence-corrected chi connectivity index (χ0v) is 17.8. The fourth-order valence-electron chi connectivity index (χ4n) is 3.12. The van der Waals surface area contributed by atoms with Gasteiger partial charge in [-0.25, -0.2) is 10.5 Å². The molecule has 2 aromatic heterocycles. The minimum absolute atomic E-state index is 0.136. The lowest BCUT2D eigenvalue weighted by molar-refractivity contribution is -0.111. The van der Waals surface area contributed by atoms with Crippen molar-refractivity contribution < 1.29 is 19.6 Å². The van der Waals surface area contributed by atoms with Gasteiger partial charge in [-0.2, -0.15) is 0 Å². The molecule has 0 spiro atoms. The van der Waals surface area contributed by atoms with Crippen LogP contribution in [0.1, 0.15) is 35.6 Å². The van der Waals surface area contributed by atoms with Crippen molar-refractivity contribution in [1.29, 1.82) is 0 Å². The molecule has 0 aliphatic carbocycles. The molecule has 0 saturated heterocycles. The summed E-state index contributed by atoms with van der Waals surface area (Å²) >= 11 is 2.71. The van der Waals surface area contributed by atoms with E-state index in [1.54, 1.807) is 52.1 Å². The number of thiophene rings is 1. The minimum atomic E-state index is -0.653. The number of benzene rings is 1. The molecule has 8 nitrogen and oxygen atoms in total. The number of rotatable bonds is 5. The van der Waals surface area contributed by atoms with Gasteiger partial charge in [0.1, 0.15) is 0 Å². The molecular weight excluding hydrogens is 436 g/mol. The number of amides is 3. The molecule has 3 amide bonds. The molecule has 10 heteroatoms. The van der Waals surface area contributed by atoms with Crippen LogP contribution in [-0.2, 0) is 17.8 Å². The van der Waals surface area contributed by atoms with Crippen LogP contribution in [0.15, 0.2) is 47.9 Å². The third kappa shape index (κ3) is 4.88. The standard InChI is InChI=1S/C21H18N4O4S2/c26-18(8-7-15-2-1-11-30-15)22-14-5-3-13(4-6-14)21(28)25-10-9-16-17(12-25)31-20(23-16)19(27)24-29/h1-8,11,29H,9-10,12H2,(H,22,26)(H,24,27)/b8-7+. The van der Waals surface area contributed by atoms with Crippen LogP contribution in [0.5, 0.6) is 0 Å². The Morgan fingerprint density at radius 3 is 2.68 bits per heavy atom.